The maximum absolute atomic E-state index is 6.89. The highest BCUT2D eigenvalue weighted by atomic mass is 35.5. The first-order valence-electron chi connectivity index (χ1n) is 10.3. The molecule has 0 saturated carbocycles. The van der Waals surface area contributed by atoms with E-state index in [-0.39, 0.29) is 0 Å². The van der Waals surface area contributed by atoms with Gasteiger partial charge in [-0.05, 0) is 54.1 Å². The Morgan fingerprint density at radius 2 is 1.24 bits per heavy atom. The summed E-state index contributed by atoms with van der Waals surface area (Å²) in [6.45, 7) is 0. The number of benzene rings is 1. The van der Waals surface area contributed by atoms with Gasteiger partial charge in [-0.1, -0.05) is 65.1 Å². The molecular weight excluding hydrogens is 475 g/mol. The van der Waals surface area contributed by atoms with Gasteiger partial charge in [0.15, 0.2) is 0 Å². The molecular formula is C26H15Cl3N4. The fraction of sp³-hybridized carbons (Fsp3) is 0. The average Bonchev–Trinajstić information content (AvgIpc) is 3.64. The number of hydrogen-bond acceptors (Lipinski definition) is 2. The first kappa shape index (κ1) is 20.3. The zero-order valence-corrected chi connectivity index (χ0v) is 19.3. The molecule has 1 aromatic carbocycles. The minimum Gasteiger partial charge on any atom is -0.354 e. The summed E-state index contributed by atoms with van der Waals surface area (Å²) in [7, 11) is 0. The number of aromatic amines is 2. The van der Waals surface area contributed by atoms with Crippen LogP contribution in [0.3, 0.4) is 0 Å². The summed E-state index contributed by atoms with van der Waals surface area (Å²) in [6, 6.07) is 17.9. The van der Waals surface area contributed by atoms with E-state index in [1.54, 1.807) is 0 Å². The number of H-pyrrole nitrogens is 2. The summed E-state index contributed by atoms with van der Waals surface area (Å²) in [5, 5.41) is 1.51. The molecule has 2 aliphatic rings. The van der Waals surface area contributed by atoms with Crippen LogP contribution in [-0.2, 0) is 0 Å². The zero-order chi connectivity index (χ0) is 22.5. The lowest BCUT2D eigenvalue weighted by molar-refractivity contribution is 1.31. The first-order valence-corrected chi connectivity index (χ1v) is 11.4. The lowest BCUT2D eigenvalue weighted by Crippen LogP contribution is -1.81. The quantitative estimate of drug-likeness (QED) is 0.244. The van der Waals surface area contributed by atoms with Gasteiger partial charge < -0.3 is 9.97 Å². The summed E-state index contributed by atoms with van der Waals surface area (Å²) < 4.78 is 0. The van der Waals surface area contributed by atoms with Crippen LogP contribution >= 0.6 is 34.8 Å². The van der Waals surface area contributed by atoms with Crippen molar-refractivity contribution in [2.75, 3.05) is 0 Å². The molecule has 7 heteroatoms. The van der Waals surface area contributed by atoms with Crippen molar-refractivity contribution in [3.05, 3.63) is 92.4 Å². The molecule has 2 aliphatic heterocycles. The maximum atomic E-state index is 6.89. The van der Waals surface area contributed by atoms with E-state index in [0.29, 0.717) is 37.7 Å². The molecule has 0 unspecified atom stereocenters. The van der Waals surface area contributed by atoms with Crippen LogP contribution in [0.4, 0.5) is 0 Å². The molecule has 0 spiro atoms. The highest BCUT2D eigenvalue weighted by molar-refractivity contribution is 6.37. The smallest absolute Gasteiger partial charge is 0.0904 e. The lowest BCUT2D eigenvalue weighted by atomic mass is 10.1. The van der Waals surface area contributed by atoms with Crippen LogP contribution in [0.1, 0.15) is 22.8 Å². The van der Waals surface area contributed by atoms with Gasteiger partial charge in [-0.15, -0.1) is 0 Å². The SMILES string of the molecule is Clc1c2nc(cc3cc(-c4ccccc4)c([nH]3)c(Cl)c3nc(c(Cl)c4ccc1[nH]4)C=C3)C=C2. The van der Waals surface area contributed by atoms with Gasteiger partial charge in [0.05, 0.1) is 54.4 Å². The summed E-state index contributed by atoms with van der Waals surface area (Å²) in [5.74, 6) is 0. The molecule has 5 heterocycles. The second-order valence-corrected chi connectivity index (χ2v) is 8.86. The third-order valence-corrected chi connectivity index (χ3v) is 6.76. The first-order chi connectivity index (χ1) is 16.1. The fourth-order valence-electron chi connectivity index (χ4n) is 3.97. The Hall–Kier alpha value is -3.31. The molecule has 2 N–H and O–H groups in total. The monoisotopic (exact) mass is 488 g/mol. The molecule has 0 radical (unpaired) electrons. The van der Waals surface area contributed by atoms with Crippen molar-refractivity contribution in [1.82, 2.24) is 19.9 Å². The van der Waals surface area contributed by atoms with E-state index in [2.05, 4.69) is 21.0 Å². The third kappa shape index (κ3) is 3.57. The van der Waals surface area contributed by atoms with E-state index in [1.165, 1.54) is 0 Å². The minimum atomic E-state index is 0.480. The van der Waals surface area contributed by atoms with Crippen LogP contribution in [0.15, 0.2) is 54.6 Å². The fourth-order valence-corrected chi connectivity index (χ4v) is 4.66. The number of hydrogen-bond donors (Lipinski definition) is 2. The van der Waals surface area contributed by atoms with E-state index in [9.17, 15) is 0 Å². The van der Waals surface area contributed by atoms with Gasteiger partial charge >= 0.3 is 0 Å². The molecule has 0 atom stereocenters. The Morgan fingerprint density at radius 1 is 0.606 bits per heavy atom. The van der Waals surface area contributed by atoms with Crippen molar-refractivity contribution in [2.24, 2.45) is 0 Å². The zero-order valence-electron chi connectivity index (χ0n) is 17.0. The number of halogens is 3. The summed E-state index contributed by atoms with van der Waals surface area (Å²) in [4.78, 5) is 16.1. The standard InChI is InChI=1S/C26H15Cl3N4/c27-23-18-7-6-15(30-18)12-16-13-17(14-4-2-1-3-5-14)26(31-16)25(29)22-11-10-21(33-22)24(28)20-9-8-19(23)32-20/h1-13,31-32H. The number of fused-ring (bicyclic) bond motifs is 8. The van der Waals surface area contributed by atoms with Crippen LogP contribution < -0.4 is 0 Å². The second-order valence-electron chi connectivity index (χ2n) is 7.72. The summed E-state index contributed by atoms with van der Waals surface area (Å²) >= 11 is 20.2. The van der Waals surface area contributed by atoms with Gasteiger partial charge in [0, 0.05) is 11.1 Å². The third-order valence-electron chi connectivity index (χ3n) is 5.58. The Morgan fingerprint density at radius 3 is 1.97 bits per heavy atom. The maximum Gasteiger partial charge on any atom is 0.0904 e. The lowest BCUT2D eigenvalue weighted by Gasteiger charge is -2.00. The Kier molecular flexibility index (Phi) is 4.88. The normalized spacial score (nSPS) is 12.5. The average molecular weight is 490 g/mol. The Bertz CT molecular complexity index is 1640. The molecule has 33 heavy (non-hydrogen) atoms. The van der Waals surface area contributed by atoms with Gasteiger partial charge in [0.2, 0.25) is 0 Å². The predicted molar refractivity (Wildman–Crippen MR) is 139 cm³/mol. The number of nitrogens with zero attached hydrogens (tertiary/aromatic N) is 2. The topological polar surface area (TPSA) is 57.4 Å². The van der Waals surface area contributed by atoms with Crippen molar-refractivity contribution in [2.45, 2.75) is 0 Å². The van der Waals surface area contributed by atoms with Crippen LogP contribution in [0.2, 0.25) is 15.1 Å². The number of rotatable bonds is 1. The second kappa shape index (κ2) is 7.92. The Labute approximate surface area is 204 Å². The summed E-state index contributed by atoms with van der Waals surface area (Å²) in [5.41, 5.74) is 7.81. The molecule has 3 aromatic heterocycles. The molecule has 0 saturated heterocycles. The van der Waals surface area contributed by atoms with Crippen molar-refractivity contribution >= 4 is 81.2 Å². The van der Waals surface area contributed by atoms with Crippen LogP contribution in [0, 0.1) is 0 Å². The Balaban J connectivity index is 1.76. The highest BCUT2D eigenvalue weighted by Gasteiger charge is 2.14. The van der Waals surface area contributed by atoms with E-state index >= 15 is 0 Å². The van der Waals surface area contributed by atoms with Gasteiger partial charge in [0.1, 0.15) is 0 Å². The minimum absolute atomic E-state index is 0.480. The predicted octanol–water partition coefficient (Wildman–Crippen LogP) is 8.28. The molecule has 0 aliphatic carbocycles. The van der Waals surface area contributed by atoms with Crippen LogP contribution in [0.25, 0.3) is 57.5 Å². The van der Waals surface area contributed by atoms with Gasteiger partial charge in [-0.3, -0.25) is 0 Å². The molecule has 0 fully saturated rings. The molecule has 160 valence electrons. The molecule has 0 amide bonds. The summed E-state index contributed by atoms with van der Waals surface area (Å²) in [6.07, 6.45) is 7.54. The molecule has 6 rings (SSSR count). The molecule has 4 aromatic rings. The van der Waals surface area contributed by atoms with Gasteiger partial charge in [0.25, 0.3) is 0 Å². The highest BCUT2D eigenvalue weighted by Crippen LogP contribution is 2.34. The van der Waals surface area contributed by atoms with Crippen molar-refractivity contribution in [1.29, 1.82) is 0 Å². The van der Waals surface area contributed by atoms with Crippen molar-refractivity contribution in [3.8, 4) is 11.1 Å². The van der Waals surface area contributed by atoms with Crippen molar-refractivity contribution in [3.63, 3.8) is 0 Å². The van der Waals surface area contributed by atoms with Crippen LogP contribution in [0.5, 0.6) is 0 Å². The molecule has 8 bridgehead atoms. The molecule has 4 nitrogen and oxygen atoms in total. The van der Waals surface area contributed by atoms with E-state index < -0.39 is 0 Å². The van der Waals surface area contributed by atoms with Crippen LogP contribution in [-0.4, -0.2) is 19.9 Å². The van der Waals surface area contributed by atoms with E-state index in [4.69, 9.17) is 39.8 Å². The van der Waals surface area contributed by atoms with Gasteiger partial charge in [-0.2, -0.15) is 0 Å². The van der Waals surface area contributed by atoms with Gasteiger partial charge in [-0.25, -0.2) is 9.97 Å². The number of aromatic nitrogens is 4. The largest absolute Gasteiger partial charge is 0.354 e. The van der Waals surface area contributed by atoms with E-state index in [1.807, 2.05) is 72.8 Å². The van der Waals surface area contributed by atoms with Crippen molar-refractivity contribution < 1.29 is 0 Å². The number of nitrogens with one attached hydrogen (secondary N) is 2. The van der Waals surface area contributed by atoms with E-state index in [0.717, 1.165) is 33.4 Å².